The van der Waals surface area contributed by atoms with Gasteiger partial charge in [0.25, 0.3) is 5.92 Å². The summed E-state index contributed by atoms with van der Waals surface area (Å²) in [6.45, 7) is 1.86. The molecule has 4 rings (SSSR count). The van der Waals surface area contributed by atoms with Gasteiger partial charge in [0.05, 0.1) is 24.4 Å². The van der Waals surface area contributed by atoms with Crippen LogP contribution in [0.15, 0.2) is 58.3 Å². The zero-order valence-corrected chi connectivity index (χ0v) is 17.8. The minimum atomic E-state index is -2.94. The summed E-state index contributed by atoms with van der Waals surface area (Å²) in [7, 11) is 0. The first-order chi connectivity index (χ1) is 15.8. The number of nitrogens with one attached hydrogen (secondary N) is 2. The first kappa shape index (κ1) is 22.6. The molecular formula is C22H23F2N5O4. The number of oxazole rings is 1. The Morgan fingerprint density at radius 3 is 2.88 bits per heavy atom. The van der Waals surface area contributed by atoms with Crippen molar-refractivity contribution in [1.29, 1.82) is 0 Å². The van der Waals surface area contributed by atoms with Crippen molar-refractivity contribution in [3.05, 3.63) is 70.9 Å². The fourth-order valence-corrected chi connectivity index (χ4v) is 3.67. The van der Waals surface area contributed by atoms with Gasteiger partial charge in [-0.2, -0.15) is 0 Å². The Morgan fingerprint density at radius 2 is 2.21 bits per heavy atom. The summed E-state index contributed by atoms with van der Waals surface area (Å²) in [5.74, 6) is -3.21. The van der Waals surface area contributed by atoms with Crippen LogP contribution in [0.1, 0.15) is 30.7 Å². The summed E-state index contributed by atoms with van der Waals surface area (Å²) in [6, 6.07) is 5.20. The number of H-pyrrole nitrogens is 1. The molecular weight excluding hydrogens is 436 g/mol. The molecule has 1 saturated heterocycles. The highest BCUT2D eigenvalue weighted by Gasteiger charge is 2.46. The predicted molar refractivity (Wildman–Crippen MR) is 114 cm³/mol. The Balaban J connectivity index is 1.36. The maximum absolute atomic E-state index is 14.6. The molecule has 1 amide bonds. The lowest BCUT2D eigenvalue weighted by Crippen LogP contribution is -2.52. The van der Waals surface area contributed by atoms with Gasteiger partial charge in [0, 0.05) is 31.8 Å². The number of halogens is 2. The number of carbonyl (C=O) groups is 1. The monoisotopic (exact) mass is 459 g/mol. The number of aromatic amines is 1. The van der Waals surface area contributed by atoms with Gasteiger partial charge in [-0.15, -0.1) is 0 Å². The molecule has 1 aliphatic heterocycles. The third-order valence-electron chi connectivity index (χ3n) is 5.63. The minimum absolute atomic E-state index is 0.0192. The molecule has 1 unspecified atom stereocenters. The number of rotatable bonds is 7. The van der Waals surface area contributed by atoms with Crippen LogP contribution < -0.4 is 15.6 Å². The van der Waals surface area contributed by atoms with Crippen LogP contribution in [0.25, 0.3) is 0 Å². The third kappa shape index (κ3) is 5.43. The minimum Gasteiger partial charge on any atom is -0.482 e. The van der Waals surface area contributed by atoms with E-state index in [0.29, 0.717) is 23.0 Å². The Bertz CT molecular complexity index is 1110. The van der Waals surface area contributed by atoms with E-state index in [2.05, 4.69) is 20.3 Å². The van der Waals surface area contributed by atoms with E-state index in [-0.39, 0.29) is 37.6 Å². The Labute approximate surface area is 187 Å². The number of alkyl halides is 2. The second-order valence-electron chi connectivity index (χ2n) is 7.80. The van der Waals surface area contributed by atoms with E-state index in [1.807, 2.05) is 0 Å². The van der Waals surface area contributed by atoms with Crippen LogP contribution >= 0.6 is 0 Å². The number of piperidine rings is 1. The lowest BCUT2D eigenvalue weighted by atomic mass is 9.87. The summed E-state index contributed by atoms with van der Waals surface area (Å²) in [5, 5.41) is 2.71. The van der Waals surface area contributed by atoms with Crippen molar-refractivity contribution in [1.82, 2.24) is 19.9 Å². The summed E-state index contributed by atoms with van der Waals surface area (Å²) >= 11 is 0. The maximum Gasteiger partial charge on any atom is 0.257 e. The molecule has 0 bridgehead atoms. The molecule has 11 heteroatoms. The van der Waals surface area contributed by atoms with E-state index < -0.39 is 17.9 Å². The average Bonchev–Trinajstić information content (AvgIpc) is 3.32. The van der Waals surface area contributed by atoms with Gasteiger partial charge < -0.3 is 19.5 Å². The number of hydrogen-bond acceptors (Lipinski definition) is 7. The highest BCUT2D eigenvalue weighted by molar-refractivity contribution is 5.93. The van der Waals surface area contributed by atoms with Crippen molar-refractivity contribution >= 4 is 11.7 Å². The first-order valence-corrected chi connectivity index (χ1v) is 10.4. The maximum atomic E-state index is 14.6. The van der Waals surface area contributed by atoms with Crippen molar-refractivity contribution in [3.63, 3.8) is 0 Å². The molecule has 33 heavy (non-hydrogen) atoms. The second-order valence-corrected chi connectivity index (χ2v) is 7.80. The molecule has 0 aromatic carbocycles. The van der Waals surface area contributed by atoms with Gasteiger partial charge in [-0.3, -0.25) is 14.5 Å². The molecule has 0 saturated carbocycles. The number of aromatic nitrogens is 3. The highest BCUT2D eigenvalue weighted by Crippen LogP contribution is 2.40. The number of pyridine rings is 2. The quantitative estimate of drug-likeness (QED) is 0.559. The highest BCUT2D eigenvalue weighted by atomic mass is 19.3. The number of amides is 1. The van der Waals surface area contributed by atoms with Crippen molar-refractivity contribution in [2.24, 2.45) is 0 Å². The van der Waals surface area contributed by atoms with Crippen molar-refractivity contribution in [3.8, 4) is 5.75 Å². The van der Waals surface area contributed by atoms with Crippen LogP contribution in [0.5, 0.6) is 5.75 Å². The van der Waals surface area contributed by atoms with E-state index in [1.165, 1.54) is 37.0 Å². The lowest BCUT2D eigenvalue weighted by Gasteiger charge is -2.40. The Morgan fingerprint density at radius 1 is 1.36 bits per heavy atom. The van der Waals surface area contributed by atoms with Crippen LogP contribution in [-0.4, -0.2) is 50.8 Å². The van der Waals surface area contributed by atoms with Gasteiger partial charge in [-0.05, 0) is 24.6 Å². The molecule has 0 spiro atoms. The molecule has 3 aromatic rings. The van der Waals surface area contributed by atoms with E-state index in [9.17, 15) is 18.4 Å². The Kier molecular flexibility index (Phi) is 6.50. The Hall–Kier alpha value is -3.60. The van der Waals surface area contributed by atoms with Crippen LogP contribution in [0, 0.1) is 0 Å². The zero-order valence-electron chi connectivity index (χ0n) is 17.8. The van der Waals surface area contributed by atoms with Crippen LogP contribution in [0.2, 0.25) is 0 Å². The molecule has 4 heterocycles. The van der Waals surface area contributed by atoms with Crippen molar-refractivity contribution < 1.29 is 22.7 Å². The van der Waals surface area contributed by atoms with Gasteiger partial charge in [-0.1, -0.05) is 6.07 Å². The molecule has 3 aromatic heterocycles. The third-order valence-corrected chi connectivity index (χ3v) is 5.63. The van der Waals surface area contributed by atoms with E-state index >= 15 is 0 Å². The molecule has 174 valence electrons. The van der Waals surface area contributed by atoms with E-state index in [4.69, 9.17) is 9.15 Å². The molecule has 0 radical (unpaired) electrons. The number of likely N-dealkylation sites (tertiary alicyclic amines) is 1. The standard InChI is InChI=1S/C22H23F2N5O4/c1-14(29-8-6-22(23,24)17(12-29)15-2-5-19(30)27-10-15)21(31)28-18-4-3-16(11-26-18)33-13-20-25-7-9-32-20/h2-5,7,9-11,14,17H,6,8,12-13H2,1H3,(H,27,30)(H,26,28,31)/t14?,17-/m1/s1. The van der Waals surface area contributed by atoms with Crippen LogP contribution in [-0.2, 0) is 11.4 Å². The largest absolute Gasteiger partial charge is 0.482 e. The summed E-state index contributed by atoms with van der Waals surface area (Å²) in [5.41, 5.74) is -0.0251. The zero-order chi connectivity index (χ0) is 23.4. The summed E-state index contributed by atoms with van der Waals surface area (Å²) in [6.07, 6.45) is 5.34. The number of ether oxygens (including phenoxy) is 1. The molecule has 0 aliphatic carbocycles. The normalized spacial score (nSPS) is 19.1. The number of hydrogen-bond donors (Lipinski definition) is 2. The van der Waals surface area contributed by atoms with Gasteiger partial charge in [0.15, 0.2) is 6.61 Å². The van der Waals surface area contributed by atoms with Crippen molar-refractivity contribution in [2.45, 2.75) is 37.8 Å². The second kappa shape index (κ2) is 9.49. The fourth-order valence-electron chi connectivity index (χ4n) is 3.67. The van der Waals surface area contributed by atoms with Crippen molar-refractivity contribution in [2.75, 3.05) is 18.4 Å². The lowest BCUT2D eigenvalue weighted by molar-refractivity contribution is -0.125. The number of carbonyl (C=O) groups excluding carboxylic acids is 1. The SMILES string of the molecule is CC(C(=O)Nc1ccc(OCc2ncco2)cn1)N1CCC(F)(F)[C@@H](c2ccc(=O)[nH]c2)C1. The molecule has 1 fully saturated rings. The molecule has 2 atom stereocenters. The number of anilines is 1. The topological polar surface area (TPSA) is 113 Å². The smallest absolute Gasteiger partial charge is 0.257 e. The van der Waals surface area contributed by atoms with Gasteiger partial charge in [0.1, 0.15) is 17.8 Å². The van der Waals surface area contributed by atoms with Gasteiger partial charge >= 0.3 is 0 Å². The average molecular weight is 459 g/mol. The van der Waals surface area contributed by atoms with Crippen LogP contribution in [0.4, 0.5) is 14.6 Å². The van der Waals surface area contributed by atoms with E-state index in [0.717, 1.165) is 0 Å². The predicted octanol–water partition coefficient (Wildman–Crippen LogP) is 2.79. The van der Waals surface area contributed by atoms with Gasteiger partial charge in [-0.25, -0.2) is 18.7 Å². The first-order valence-electron chi connectivity index (χ1n) is 10.4. The van der Waals surface area contributed by atoms with Gasteiger partial charge in [0.2, 0.25) is 17.4 Å². The molecule has 9 nitrogen and oxygen atoms in total. The summed E-state index contributed by atoms with van der Waals surface area (Å²) < 4.78 is 39.7. The molecule has 2 N–H and O–H groups in total. The fraction of sp³-hybridized carbons (Fsp3) is 0.364. The van der Waals surface area contributed by atoms with Crippen LogP contribution in [0.3, 0.4) is 0 Å². The number of nitrogens with zero attached hydrogens (tertiary/aromatic N) is 3. The molecule has 1 aliphatic rings. The summed E-state index contributed by atoms with van der Waals surface area (Å²) in [4.78, 5) is 36.3. The van der Waals surface area contributed by atoms with E-state index in [1.54, 1.807) is 24.0 Å².